The number of rotatable bonds is 4. The first-order valence-corrected chi connectivity index (χ1v) is 6.29. The predicted molar refractivity (Wildman–Crippen MR) is 61.4 cm³/mol. The Morgan fingerprint density at radius 1 is 1.50 bits per heavy atom. The fraction of sp³-hybridized carbons (Fsp3) is 0.700. The van der Waals surface area contributed by atoms with Crippen molar-refractivity contribution in [2.75, 3.05) is 11.5 Å². The Kier molecular flexibility index (Phi) is 3.35. The molecule has 2 N–H and O–H groups in total. The van der Waals surface area contributed by atoms with E-state index in [1.807, 2.05) is 10.9 Å². The van der Waals surface area contributed by atoms with E-state index in [-0.39, 0.29) is 0 Å². The van der Waals surface area contributed by atoms with E-state index in [1.165, 1.54) is 25.7 Å². The molecule has 0 unspecified atom stereocenters. The van der Waals surface area contributed by atoms with Crippen LogP contribution in [0.5, 0.6) is 0 Å². The third-order valence-electron chi connectivity index (χ3n) is 2.63. The number of nitrogen functional groups attached to an aromatic ring is 1. The van der Waals surface area contributed by atoms with Gasteiger partial charge in [0, 0.05) is 17.2 Å². The van der Waals surface area contributed by atoms with Crippen molar-refractivity contribution in [2.24, 2.45) is 0 Å². The van der Waals surface area contributed by atoms with Crippen LogP contribution in [0.2, 0.25) is 0 Å². The lowest BCUT2D eigenvalue weighted by Gasteiger charge is -2.07. The van der Waals surface area contributed by atoms with Crippen LogP contribution in [0.25, 0.3) is 0 Å². The largest absolute Gasteiger partial charge is 0.396 e. The van der Waals surface area contributed by atoms with Crippen LogP contribution in [0.1, 0.15) is 25.7 Å². The van der Waals surface area contributed by atoms with Gasteiger partial charge in [0.15, 0.2) is 0 Å². The Balaban J connectivity index is 1.67. The molecule has 0 spiro atoms. The van der Waals surface area contributed by atoms with E-state index in [0.29, 0.717) is 0 Å². The van der Waals surface area contributed by atoms with Gasteiger partial charge in [-0.1, -0.05) is 12.8 Å². The number of aryl methyl sites for hydroxylation is 1. The standard InChI is InChI=1S/C10H17N3S/c11-9-7-12-13(8-9)5-6-14-10-3-1-2-4-10/h7-8,10H,1-6,11H2. The monoisotopic (exact) mass is 211 g/mol. The number of aromatic nitrogens is 2. The minimum atomic E-state index is 0.760. The third kappa shape index (κ3) is 2.67. The van der Waals surface area contributed by atoms with Crippen molar-refractivity contribution in [3.63, 3.8) is 0 Å². The van der Waals surface area contributed by atoms with Crippen LogP contribution >= 0.6 is 11.8 Å². The van der Waals surface area contributed by atoms with Crippen LogP contribution in [0.15, 0.2) is 12.4 Å². The first-order valence-electron chi connectivity index (χ1n) is 5.24. The maximum absolute atomic E-state index is 5.58. The molecule has 0 aromatic carbocycles. The summed E-state index contributed by atoms with van der Waals surface area (Å²) in [5.41, 5.74) is 6.34. The summed E-state index contributed by atoms with van der Waals surface area (Å²) in [6.07, 6.45) is 9.27. The van der Waals surface area contributed by atoms with Gasteiger partial charge in [0.1, 0.15) is 0 Å². The summed E-state index contributed by atoms with van der Waals surface area (Å²) < 4.78 is 1.93. The average Bonchev–Trinajstić information content (AvgIpc) is 2.77. The smallest absolute Gasteiger partial charge is 0.0719 e. The molecule has 1 aliphatic rings. The average molecular weight is 211 g/mol. The van der Waals surface area contributed by atoms with Crippen molar-refractivity contribution in [1.29, 1.82) is 0 Å². The summed E-state index contributed by atoms with van der Waals surface area (Å²) in [4.78, 5) is 0. The van der Waals surface area contributed by atoms with E-state index in [4.69, 9.17) is 5.73 Å². The van der Waals surface area contributed by atoms with Gasteiger partial charge in [0.05, 0.1) is 18.4 Å². The van der Waals surface area contributed by atoms with Gasteiger partial charge in [0.25, 0.3) is 0 Å². The van der Waals surface area contributed by atoms with Crippen molar-refractivity contribution in [3.05, 3.63) is 12.4 Å². The fourth-order valence-electron chi connectivity index (χ4n) is 1.87. The number of anilines is 1. The lowest BCUT2D eigenvalue weighted by molar-refractivity contribution is 0.665. The first-order chi connectivity index (χ1) is 6.84. The Morgan fingerprint density at radius 2 is 2.29 bits per heavy atom. The second-order valence-corrected chi connectivity index (χ2v) is 5.22. The highest BCUT2D eigenvalue weighted by Crippen LogP contribution is 2.29. The summed E-state index contributed by atoms with van der Waals surface area (Å²) in [7, 11) is 0. The molecule has 0 atom stereocenters. The summed E-state index contributed by atoms with van der Waals surface area (Å²) in [5, 5.41) is 5.06. The lowest BCUT2D eigenvalue weighted by atomic mass is 10.4. The second kappa shape index (κ2) is 4.73. The molecule has 0 amide bonds. The molecule has 78 valence electrons. The van der Waals surface area contributed by atoms with Gasteiger partial charge < -0.3 is 5.73 Å². The lowest BCUT2D eigenvalue weighted by Crippen LogP contribution is -2.04. The van der Waals surface area contributed by atoms with E-state index in [9.17, 15) is 0 Å². The van der Waals surface area contributed by atoms with E-state index < -0.39 is 0 Å². The van der Waals surface area contributed by atoms with Crippen LogP contribution in [-0.2, 0) is 6.54 Å². The Hall–Kier alpha value is -0.640. The minimum absolute atomic E-state index is 0.760. The topological polar surface area (TPSA) is 43.8 Å². The van der Waals surface area contributed by atoms with E-state index in [0.717, 1.165) is 23.2 Å². The van der Waals surface area contributed by atoms with E-state index in [1.54, 1.807) is 6.20 Å². The molecular formula is C10H17N3S. The molecule has 3 nitrogen and oxygen atoms in total. The summed E-state index contributed by atoms with van der Waals surface area (Å²) >= 11 is 2.09. The quantitative estimate of drug-likeness (QED) is 0.830. The van der Waals surface area contributed by atoms with Crippen molar-refractivity contribution < 1.29 is 0 Å². The summed E-state index contributed by atoms with van der Waals surface area (Å²) in [5.74, 6) is 1.16. The van der Waals surface area contributed by atoms with Gasteiger partial charge in [0.2, 0.25) is 0 Å². The van der Waals surface area contributed by atoms with Crippen molar-refractivity contribution in [3.8, 4) is 0 Å². The minimum Gasteiger partial charge on any atom is -0.396 e. The highest BCUT2D eigenvalue weighted by atomic mass is 32.2. The van der Waals surface area contributed by atoms with Gasteiger partial charge in [-0.15, -0.1) is 0 Å². The molecule has 1 heterocycles. The highest BCUT2D eigenvalue weighted by molar-refractivity contribution is 7.99. The number of thioether (sulfide) groups is 1. The molecule has 0 saturated heterocycles. The number of nitrogens with two attached hydrogens (primary N) is 1. The highest BCUT2D eigenvalue weighted by Gasteiger charge is 2.14. The van der Waals surface area contributed by atoms with E-state index in [2.05, 4.69) is 16.9 Å². The Bertz CT molecular complexity index is 279. The summed E-state index contributed by atoms with van der Waals surface area (Å²) in [6, 6.07) is 0. The zero-order chi connectivity index (χ0) is 9.80. The molecular weight excluding hydrogens is 194 g/mol. The van der Waals surface area contributed by atoms with Crippen LogP contribution in [-0.4, -0.2) is 20.8 Å². The number of nitrogens with zero attached hydrogens (tertiary/aromatic N) is 2. The molecule has 0 aliphatic heterocycles. The van der Waals surface area contributed by atoms with Gasteiger partial charge in [-0.25, -0.2) is 0 Å². The van der Waals surface area contributed by atoms with Crippen molar-refractivity contribution in [1.82, 2.24) is 9.78 Å². The molecule has 1 saturated carbocycles. The molecule has 2 rings (SSSR count). The molecule has 0 radical (unpaired) electrons. The van der Waals surface area contributed by atoms with Crippen molar-refractivity contribution in [2.45, 2.75) is 37.5 Å². The normalized spacial score (nSPS) is 17.7. The summed E-state index contributed by atoms with van der Waals surface area (Å²) in [6.45, 7) is 0.984. The molecule has 14 heavy (non-hydrogen) atoms. The van der Waals surface area contributed by atoms with Gasteiger partial charge in [-0.05, 0) is 12.8 Å². The fourth-order valence-corrected chi connectivity index (χ4v) is 3.16. The predicted octanol–water partition coefficient (Wildman–Crippen LogP) is 2.14. The van der Waals surface area contributed by atoms with Gasteiger partial charge >= 0.3 is 0 Å². The van der Waals surface area contributed by atoms with Crippen molar-refractivity contribution >= 4 is 17.4 Å². The van der Waals surface area contributed by atoms with Crippen LogP contribution < -0.4 is 5.73 Å². The van der Waals surface area contributed by atoms with E-state index >= 15 is 0 Å². The second-order valence-electron chi connectivity index (χ2n) is 3.81. The number of hydrogen-bond donors (Lipinski definition) is 1. The molecule has 1 fully saturated rings. The maximum atomic E-state index is 5.58. The number of hydrogen-bond acceptors (Lipinski definition) is 3. The van der Waals surface area contributed by atoms with Gasteiger partial charge in [-0.3, -0.25) is 4.68 Å². The SMILES string of the molecule is Nc1cnn(CCSC2CCCC2)c1. The third-order valence-corrected chi connectivity index (χ3v) is 3.99. The molecule has 1 aliphatic carbocycles. The molecule has 1 aromatic rings. The Morgan fingerprint density at radius 3 is 2.93 bits per heavy atom. The zero-order valence-corrected chi connectivity index (χ0v) is 9.17. The zero-order valence-electron chi connectivity index (χ0n) is 8.35. The molecule has 4 heteroatoms. The molecule has 1 aromatic heterocycles. The Labute approximate surface area is 89.1 Å². The first kappa shape index (κ1) is 9.90. The maximum Gasteiger partial charge on any atom is 0.0719 e. The van der Waals surface area contributed by atoms with Crippen LogP contribution in [0.3, 0.4) is 0 Å². The molecule has 0 bridgehead atoms. The van der Waals surface area contributed by atoms with Crippen LogP contribution in [0.4, 0.5) is 5.69 Å². The van der Waals surface area contributed by atoms with Gasteiger partial charge in [-0.2, -0.15) is 16.9 Å². The van der Waals surface area contributed by atoms with Crippen LogP contribution in [0, 0.1) is 0 Å².